The normalized spacial score (nSPS) is 16.3. The monoisotopic (exact) mass is 826 g/mol. The molecule has 1 fully saturated rings. The van der Waals surface area contributed by atoms with Gasteiger partial charge in [0.2, 0.25) is 5.91 Å². The Morgan fingerprint density at radius 2 is 1.64 bits per heavy atom. The quantitative estimate of drug-likeness (QED) is 0.132. The highest BCUT2D eigenvalue weighted by molar-refractivity contribution is 8.45. The zero-order valence-corrected chi connectivity index (χ0v) is 32.8. The van der Waals surface area contributed by atoms with Gasteiger partial charge in [-0.2, -0.15) is 9.61 Å². The van der Waals surface area contributed by atoms with E-state index in [4.69, 9.17) is 9.84 Å². The summed E-state index contributed by atoms with van der Waals surface area (Å²) < 4.78 is 75.6. The second-order valence-electron chi connectivity index (χ2n) is 14.4. The van der Waals surface area contributed by atoms with Crippen molar-refractivity contribution in [2.45, 2.75) is 70.4 Å². The molecule has 0 saturated carbocycles. The summed E-state index contributed by atoms with van der Waals surface area (Å²) in [6.45, 7) is 4.39. The summed E-state index contributed by atoms with van der Waals surface area (Å²) in [5, 5.41) is 7.24. The largest absolute Gasteiger partial charge is 0.485 e. The fourth-order valence-electron chi connectivity index (χ4n) is 7.40. The van der Waals surface area contributed by atoms with Crippen molar-refractivity contribution >= 4 is 44.6 Å². The first-order chi connectivity index (χ1) is 27.5. The molecule has 1 saturated heterocycles. The number of ether oxygens (including phenoxy) is 1. The van der Waals surface area contributed by atoms with Crippen LogP contribution in [-0.4, -0.2) is 67.0 Å². The third kappa shape index (κ3) is 8.71. The molecule has 58 heavy (non-hydrogen) atoms. The van der Waals surface area contributed by atoms with Crippen LogP contribution in [0.15, 0.2) is 82.8 Å². The van der Waals surface area contributed by atoms with E-state index in [1.54, 1.807) is 22.5 Å². The molecule has 0 spiro atoms. The van der Waals surface area contributed by atoms with Crippen LogP contribution in [0.4, 0.5) is 30.8 Å². The lowest BCUT2D eigenvalue weighted by molar-refractivity contribution is -0.116. The van der Waals surface area contributed by atoms with E-state index in [9.17, 15) is 33.8 Å². The maximum Gasteiger partial charge on any atom is 0.310 e. The molecule has 2 amide bonds. The molecule has 0 unspecified atom stereocenters. The molecule has 2 aromatic carbocycles. The van der Waals surface area contributed by atoms with Gasteiger partial charge in [0.15, 0.2) is 11.4 Å². The minimum Gasteiger partial charge on any atom is -0.485 e. The van der Waals surface area contributed by atoms with Gasteiger partial charge in [-0.1, -0.05) is 69.2 Å². The van der Waals surface area contributed by atoms with Crippen molar-refractivity contribution in [3.8, 4) is 5.75 Å². The third-order valence-corrected chi connectivity index (χ3v) is 11.5. The fraction of sp³-hybridized carbons (Fsp3) is 0.350. The van der Waals surface area contributed by atoms with Crippen molar-refractivity contribution in [1.82, 2.24) is 29.0 Å². The van der Waals surface area contributed by atoms with Crippen LogP contribution in [0.2, 0.25) is 0 Å². The average Bonchev–Trinajstić information content (AvgIpc) is 3.46. The number of aryl methyl sites for hydroxylation is 1. The number of hydrogen-bond donors (Lipinski definition) is 1. The van der Waals surface area contributed by atoms with E-state index >= 15 is 0 Å². The van der Waals surface area contributed by atoms with Crippen LogP contribution in [0.3, 0.4) is 0 Å². The predicted molar refractivity (Wildman–Crippen MR) is 212 cm³/mol. The van der Waals surface area contributed by atoms with Crippen LogP contribution in [0, 0.1) is 6.92 Å². The lowest BCUT2D eigenvalue weighted by Crippen LogP contribution is -2.51. The van der Waals surface area contributed by atoms with Crippen molar-refractivity contribution in [3.05, 3.63) is 112 Å². The number of hydrogen-bond acceptors (Lipinski definition) is 8. The van der Waals surface area contributed by atoms with E-state index in [1.165, 1.54) is 10.8 Å². The molecular weight excluding hydrogens is 784 g/mol. The number of benzene rings is 2. The number of allylic oxidation sites excluding steroid dienone is 2. The van der Waals surface area contributed by atoms with Gasteiger partial charge in [0.1, 0.15) is 35.7 Å². The van der Waals surface area contributed by atoms with E-state index in [1.807, 2.05) is 42.2 Å². The highest BCUT2D eigenvalue weighted by Crippen LogP contribution is 3.02. The van der Waals surface area contributed by atoms with Crippen molar-refractivity contribution in [2.75, 3.05) is 36.4 Å². The molecule has 4 heterocycles. The number of carbonyl (C=O) groups excluding carboxylic acids is 2. The molecule has 3 aromatic heterocycles. The number of amides is 2. The smallest absolute Gasteiger partial charge is 0.310 e. The number of piperazine rings is 1. The standard InChI is InChI=1S/C40H43F5N8O4S/c1-3-33-37(50-19-21-51(22-20-50)39(55)36-38(27(2)46-26-47-36)57-25-28-11-7-6-8-12-28)40(56)53-35(23-32(49-53)29-13-9-4-5-10-14-29)52(33)24-34(54)48-30-15-17-31(18-16-30)58(41,42,43,44)45/h6-8,11-13,15-18,23,26H,3-5,9-10,14,19-22,24-25H2,1-2H3,(H,48,54). The topological polar surface area (TPSA) is 127 Å². The highest BCUT2D eigenvalue weighted by atomic mass is 32.5. The van der Waals surface area contributed by atoms with Gasteiger partial charge in [0.25, 0.3) is 11.5 Å². The minimum atomic E-state index is -9.91. The summed E-state index contributed by atoms with van der Waals surface area (Å²) in [5.41, 5.74) is 3.76. The Morgan fingerprint density at radius 1 is 0.914 bits per heavy atom. The molecule has 7 rings (SSSR count). The summed E-state index contributed by atoms with van der Waals surface area (Å²) in [6.07, 6.45) is 8.40. The molecule has 308 valence electrons. The van der Waals surface area contributed by atoms with E-state index in [-0.39, 0.29) is 74.5 Å². The lowest BCUT2D eigenvalue weighted by atomic mass is 10.1. The lowest BCUT2D eigenvalue weighted by Gasteiger charge is -2.40. The number of rotatable bonds is 11. The van der Waals surface area contributed by atoms with Crippen LogP contribution >= 0.6 is 10.2 Å². The number of halogens is 5. The van der Waals surface area contributed by atoms with Crippen molar-refractivity contribution < 1.29 is 33.8 Å². The Bertz CT molecular complexity index is 2450. The van der Waals surface area contributed by atoms with Crippen LogP contribution in [0.5, 0.6) is 5.75 Å². The molecule has 5 aromatic rings. The van der Waals surface area contributed by atoms with Gasteiger partial charge in [-0.15, -0.1) is 0 Å². The second kappa shape index (κ2) is 15.2. The number of nitrogens with one attached hydrogen (secondary N) is 1. The van der Waals surface area contributed by atoms with Gasteiger partial charge >= 0.3 is 10.2 Å². The number of anilines is 2. The predicted octanol–water partition coefficient (Wildman–Crippen LogP) is 8.34. The van der Waals surface area contributed by atoms with Gasteiger partial charge < -0.3 is 24.4 Å². The van der Waals surface area contributed by atoms with Gasteiger partial charge in [0, 0.05) is 43.6 Å². The van der Waals surface area contributed by atoms with Crippen molar-refractivity contribution in [1.29, 1.82) is 0 Å². The molecule has 1 aliphatic carbocycles. The SMILES string of the molecule is CCc1c(N2CCN(C(=O)c3ncnc(C)c3OCc3ccccc3)CC2)c(=O)n2nc(C3=CCCCCC3)cc2n1CC(=O)Nc1ccc(S(F)(F)(F)(F)F)cc1. The van der Waals surface area contributed by atoms with Crippen LogP contribution < -0.4 is 20.5 Å². The minimum absolute atomic E-state index is 0.114. The van der Waals surface area contributed by atoms with Gasteiger partial charge in [0.05, 0.1) is 11.4 Å². The fourth-order valence-corrected chi connectivity index (χ4v) is 8.05. The number of carbonyl (C=O) groups is 2. The Labute approximate surface area is 331 Å². The van der Waals surface area contributed by atoms with Crippen LogP contribution in [0.1, 0.15) is 72.2 Å². The van der Waals surface area contributed by atoms with Crippen LogP contribution in [-0.2, 0) is 24.4 Å². The maximum absolute atomic E-state index is 14.4. The molecular formula is C40H43F5N8O4S. The number of fused-ring (bicyclic) bond motifs is 1. The van der Waals surface area contributed by atoms with Gasteiger partial charge in [-0.05, 0) is 74.4 Å². The molecule has 2 aliphatic rings. The summed E-state index contributed by atoms with van der Waals surface area (Å²) in [6, 6.07) is 13.3. The number of nitrogens with zero attached hydrogens (tertiary/aromatic N) is 7. The van der Waals surface area contributed by atoms with Gasteiger partial charge in [-0.25, -0.2) is 9.97 Å². The Balaban J connectivity index is 1.17. The molecule has 0 bridgehead atoms. The Kier molecular flexibility index (Phi) is 10.6. The van der Waals surface area contributed by atoms with E-state index in [2.05, 4.69) is 21.4 Å². The molecule has 1 aliphatic heterocycles. The van der Waals surface area contributed by atoms with Crippen molar-refractivity contribution in [3.63, 3.8) is 0 Å². The molecule has 0 atom stereocenters. The summed E-state index contributed by atoms with van der Waals surface area (Å²) in [5.74, 6) is -0.730. The first-order valence-corrected chi connectivity index (χ1v) is 21.0. The van der Waals surface area contributed by atoms with Crippen LogP contribution in [0.25, 0.3) is 11.2 Å². The average molecular weight is 827 g/mol. The molecule has 18 heteroatoms. The van der Waals surface area contributed by atoms with E-state index in [0.29, 0.717) is 34.8 Å². The summed E-state index contributed by atoms with van der Waals surface area (Å²) in [4.78, 5) is 51.9. The highest BCUT2D eigenvalue weighted by Gasteiger charge is 2.65. The third-order valence-electron chi connectivity index (χ3n) is 10.3. The molecule has 0 radical (unpaired) electrons. The number of aromatic nitrogens is 5. The van der Waals surface area contributed by atoms with E-state index in [0.717, 1.165) is 55.4 Å². The Hall–Kier alpha value is -5.78. The summed E-state index contributed by atoms with van der Waals surface area (Å²) >= 11 is 0. The first kappa shape index (κ1) is 40.4. The first-order valence-electron chi connectivity index (χ1n) is 19.0. The zero-order valence-electron chi connectivity index (χ0n) is 32.0. The molecule has 12 nitrogen and oxygen atoms in total. The Morgan fingerprint density at radius 3 is 2.33 bits per heavy atom. The van der Waals surface area contributed by atoms with Gasteiger partial charge in [-0.3, -0.25) is 14.4 Å². The zero-order chi connectivity index (χ0) is 41.3. The second-order valence-corrected chi connectivity index (χ2v) is 16.8. The van der Waals surface area contributed by atoms with Crippen molar-refractivity contribution in [2.24, 2.45) is 0 Å². The van der Waals surface area contributed by atoms with E-state index < -0.39 is 26.6 Å². The summed E-state index contributed by atoms with van der Waals surface area (Å²) in [7, 11) is -9.91. The molecule has 1 N–H and O–H groups in total. The maximum atomic E-state index is 14.4.